The topological polar surface area (TPSA) is 71.2 Å². The van der Waals surface area contributed by atoms with Crippen molar-refractivity contribution in [3.63, 3.8) is 0 Å². The zero-order valence-corrected chi connectivity index (χ0v) is 11.7. The van der Waals surface area contributed by atoms with Gasteiger partial charge in [0.2, 0.25) is 0 Å². The van der Waals surface area contributed by atoms with Crippen molar-refractivity contribution >= 4 is 17.6 Å². The van der Waals surface area contributed by atoms with Crippen molar-refractivity contribution in [2.75, 3.05) is 11.9 Å². The largest absolute Gasteiger partial charge is 0.462 e. The van der Waals surface area contributed by atoms with Crippen LogP contribution in [0.25, 0.3) is 0 Å². The van der Waals surface area contributed by atoms with Crippen molar-refractivity contribution in [1.29, 1.82) is 0 Å². The number of aromatic amines is 1. The van der Waals surface area contributed by atoms with Gasteiger partial charge < -0.3 is 15.0 Å². The van der Waals surface area contributed by atoms with Gasteiger partial charge in [-0.15, -0.1) is 0 Å². The molecule has 1 aromatic carbocycles. The number of carbonyl (C=O) groups is 2. The summed E-state index contributed by atoms with van der Waals surface area (Å²) in [6.07, 6.45) is 1.47. The van der Waals surface area contributed by atoms with E-state index in [-0.39, 0.29) is 23.4 Å². The number of hydrogen-bond donors (Lipinski definition) is 2. The Kier molecular flexibility index (Phi) is 4.37. The van der Waals surface area contributed by atoms with E-state index in [1.54, 1.807) is 19.9 Å². The van der Waals surface area contributed by atoms with E-state index in [4.69, 9.17) is 4.74 Å². The Labute approximate surface area is 121 Å². The van der Waals surface area contributed by atoms with Crippen LogP contribution in [0.5, 0.6) is 0 Å². The number of rotatable bonds is 4. The maximum atomic E-state index is 13.6. The van der Waals surface area contributed by atoms with E-state index < -0.39 is 17.7 Å². The highest BCUT2D eigenvalue weighted by Gasteiger charge is 2.20. The van der Waals surface area contributed by atoms with Crippen molar-refractivity contribution in [1.82, 2.24) is 4.98 Å². The van der Waals surface area contributed by atoms with Crippen LogP contribution >= 0.6 is 0 Å². The molecule has 110 valence electrons. The second-order valence-electron chi connectivity index (χ2n) is 4.36. The molecule has 1 aromatic heterocycles. The molecular weight excluding hydrogens is 275 g/mol. The third kappa shape index (κ3) is 3.10. The van der Waals surface area contributed by atoms with Gasteiger partial charge in [0.15, 0.2) is 0 Å². The van der Waals surface area contributed by atoms with Gasteiger partial charge in [-0.3, -0.25) is 4.79 Å². The number of aryl methyl sites for hydroxylation is 1. The molecule has 2 N–H and O–H groups in total. The first-order valence-corrected chi connectivity index (χ1v) is 6.45. The van der Waals surface area contributed by atoms with Gasteiger partial charge in [-0.2, -0.15) is 0 Å². The summed E-state index contributed by atoms with van der Waals surface area (Å²) in [7, 11) is 0. The van der Waals surface area contributed by atoms with Crippen LogP contribution in [-0.2, 0) is 4.74 Å². The van der Waals surface area contributed by atoms with Gasteiger partial charge in [-0.25, -0.2) is 9.18 Å². The fourth-order valence-corrected chi connectivity index (χ4v) is 1.93. The second-order valence-corrected chi connectivity index (χ2v) is 4.36. The molecule has 0 aliphatic carbocycles. The smallest absolute Gasteiger partial charge is 0.342 e. The average Bonchev–Trinajstić information content (AvgIpc) is 2.80. The van der Waals surface area contributed by atoms with Crippen LogP contribution in [-0.4, -0.2) is 23.5 Å². The van der Waals surface area contributed by atoms with E-state index in [0.717, 1.165) is 0 Å². The predicted molar refractivity (Wildman–Crippen MR) is 75.8 cm³/mol. The fraction of sp³-hybridized carbons (Fsp3) is 0.200. The van der Waals surface area contributed by atoms with Crippen LogP contribution in [0, 0.1) is 12.7 Å². The van der Waals surface area contributed by atoms with Crippen LogP contribution in [0.1, 0.15) is 33.3 Å². The molecule has 0 aliphatic rings. The van der Waals surface area contributed by atoms with E-state index in [0.29, 0.717) is 5.69 Å². The molecule has 0 bridgehead atoms. The van der Waals surface area contributed by atoms with Gasteiger partial charge in [0, 0.05) is 11.9 Å². The number of amides is 1. The second kappa shape index (κ2) is 6.21. The van der Waals surface area contributed by atoms with Gasteiger partial charge >= 0.3 is 5.97 Å². The molecule has 0 spiro atoms. The predicted octanol–water partition coefficient (Wildman–Crippen LogP) is 2.89. The summed E-state index contributed by atoms with van der Waals surface area (Å²) in [5.41, 5.74) is 0.976. The number of halogens is 1. The Hall–Kier alpha value is -2.63. The number of aromatic nitrogens is 1. The van der Waals surface area contributed by atoms with Crippen molar-refractivity contribution in [2.45, 2.75) is 13.8 Å². The van der Waals surface area contributed by atoms with Crippen LogP contribution in [0.15, 0.2) is 30.5 Å². The summed E-state index contributed by atoms with van der Waals surface area (Å²) >= 11 is 0. The van der Waals surface area contributed by atoms with Crippen LogP contribution in [0.4, 0.5) is 10.1 Å². The zero-order chi connectivity index (χ0) is 15.4. The third-order valence-corrected chi connectivity index (χ3v) is 2.92. The lowest BCUT2D eigenvalue weighted by atomic mass is 10.2. The number of nitrogens with one attached hydrogen (secondary N) is 2. The highest BCUT2D eigenvalue weighted by atomic mass is 19.1. The molecule has 0 unspecified atom stereocenters. The Bertz CT molecular complexity index is 679. The van der Waals surface area contributed by atoms with Crippen molar-refractivity contribution in [3.05, 3.63) is 53.1 Å². The van der Waals surface area contributed by atoms with Gasteiger partial charge in [0.05, 0.1) is 17.9 Å². The van der Waals surface area contributed by atoms with Gasteiger partial charge in [-0.05, 0) is 26.0 Å². The molecular formula is C15H15FN2O3. The molecule has 2 rings (SSSR count). The van der Waals surface area contributed by atoms with Crippen molar-refractivity contribution in [3.8, 4) is 0 Å². The average molecular weight is 290 g/mol. The lowest BCUT2D eigenvalue weighted by Crippen LogP contribution is -2.16. The molecule has 0 atom stereocenters. The Morgan fingerprint density at radius 1 is 1.33 bits per heavy atom. The first-order chi connectivity index (χ1) is 10.0. The molecule has 5 nitrogen and oxygen atoms in total. The van der Waals surface area contributed by atoms with Gasteiger partial charge in [0.25, 0.3) is 5.91 Å². The molecule has 0 radical (unpaired) electrons. The molecule has 0 saturated heterocycles. The quantitative estimate of drug-likeness (QED) is 0.850. The zero-order valence-electron chi connectivity index (χ0n) is 11.7. The highest BCUT2D eigenvalue weighted by Crippen LogP contribution is 2.21. The molecule has 0 saturated carbocycles. The lowest BCUT2D eigenvalue weighted by molar-refractivity contribution is 0.0527. The number of esters is 1. The lowest BCUT2D eigenvalue weighted by Gasteiger charge is -2.07. The first kappa shape index (κ1) is 14.8. The summed E-state index contributed by atoms with van der Waals surface area (Å²) in [5, 5.41) is 2.52. The van der Waals surface area contributed by atoms with E-state index in [2.05, 4.69) is 10.3 Å². The summed E-state index contributed by atoms with van der Waals surface area (Å²) in [6.45, 7) is 3.60. The number of benzene rings is 1. The normalized spacial score (nSPS) is 10.2. The number of ether oxygens (including phenoxy) is 1. The minimum atomic E-state index is -0.627. The van der Waals surface area contributed by atoms with Crippen molar-refractivity contribution in [2.24, 2.45) is 0 Å². The minimum absolute atomic E-state index is 0.0915. The number of H-pyrrole nitrogens is 1. The van der Waals surface area contributed by atoms with Gasteiger partial charge in [0.1, 0.15) is 11.4 Å². The summed E-state index contributed by atoms with van der Waals surface area (Å²) in [5.74, 6) is -1.79. The van der Waals surface area contributed by atoms with Crippen molar-refractivity contribution < 1.29 is 18.7 Å². The first-order valence-electron chi connectivity index (χ1n) is 6.45. The minimum Gasteiger partial charge on any atom is -0.462 e. The Morgan fingerprint density at radius 3 is 2.71 bits per heavy atom. The van der Waals surface area contributed by atoms with Crippen LogP contribution < -0.4 is 5.32 Å². The molecule has 21 heavy (non-hydrogen) atoms. The number of anilines is 1. The van der Waals surface area contributed by atoms with Gasteiger partial charge in [-0.1, -0.05) is 12.1 Å². The van der Waals surface area contributed by atoms with E-state index in [1.807, 2.05) is 0 Å². The molecule has 1 heterocycles. The van der Waals surface area contributed by atoms with Crippen LogP contribution in [0.2, 0.25) is 0 Å². The van der Waals surface area contributed by atoms with Crippen LogP contribution in [0.3, 0.4) is 0 Å². The molecule has 6 heteroatoms. The maximum Gasteiger partial charge on any atom is 0.342 e. The van der Waals surface area contributed by atoms with E-state index >= 15 is 0 Å². The third-order valence-electron chi connectivity index (χ3n) is 2.92. The highest BCUT2D eigenvalue weighted by molar-refractivity contribution is 6.08. The SMILES string of the molecule is CCOC(=O)c1c(NC(=O)c2ccccc2F)c[nH]c1C. The summed E-state index contributed by atoms with van der Waals surface area (Å²) in [4.78, 5) is 26.8. The Morgan fingerprint density at radius 2 is 2.05 bits per heavy atom. The number of carbonyl (C=O) groups excluding carboxylic acids is 2. The van der Waals surface area contributed by atoms with E-state index in [9.17, 15) is 14.0 Å². The number of hydrogen-bond acceptors (Lipinski definition) is 3. The summed E-state index contributed by atoms with van der Waals surface area (Å²) < 4.78 is 18.5. The molecule has 2 aromatic rings. The Balaban J connectivity index is 2.27. The summed E-state index contributed by atoms with van der Waals surface area (Å²) in [6, 6.07) is 5.63. The molecule has 0 fully saturated rings. The standard InChI is InChI=1S/C15H15FN2O3/c1-3-21-15(20)13-9(2)17-8-12(13)18-14(19)10-6-4-5-7-11(10)16/h4-8,17H,3H2,1-2H3,(H,18,19). The fourth-order valence-electron chi connectivity index (χ4n) is 1.93. The molecule has 0 aliphatic heterocycles. The molecule has 1 amide bonds. The maximum absolute atomic E-state index is 13.6. The monoisotopic (exact) mass is 290 g/mol. The van der Waals surface area contributed by atoms with E-state index in [1.165, 1.54) is 24.4 Å².